The molecule has 0 N–H and O–H groups in total. The standard InChI is InChI=1S/C33H24N6OS/c1-3-11-23(12-4-1)31-37-40-33(25-14-5-2-6-15-25)20-30(41-29-18-10-9-17-28(29)39(31)33)26-19-24-13-7-8-16-27(24)36-32(26)38-22-34-21-35-38/h1-19,21-22,30H,20H2. The minimum atomic E-state index is -0.887. The molecule has 2 atom stereocenters. The number of anilines is 1. The largest absolute Gasteiger partial charge is 0.360 e. The molecule has 198 valence electrons. The molecule has 4 aromatic carbocycles. The molecule has 0 fully saturated rings. The lowest BCUT2D eigenvalue weighted by molar-refractivity contribution is -0.0283. The number of amidine groups is 1. The van der Waals surface area contributed by atoms with Crippen molar-refractivity contribution in [2.45, 2.75) is 22.3 Å². The summed E-state index contributed by atoms with van der Waals surface area (Å²) < 4.78 is 1.76. The van der Waals surface area contributed by atoms with Crippen LogP contribution in [0, 0.1) is 0 Å². The molecule has 2 aliphatic rings. The number of para-hydroxylation sites is 2. The van der Waals surface area contributed by atoms with Crippen LogP contribution in [0.2, 0.25) is 0 Å². The summed E-state index contributed by atoms with van der Waals surface area (Å²) >= 11 is 1.82. The molecule has 4 heterocycles. The number of fused-ring (bicyclic) bond motifs is 4. The molecule has 6 aromatic rings. The third kappa shape index (κ3) is 3.90. The molecule has 2 unspecified atom stereocenters. The molecule has 0 aliphatic carbocycles. The van der Waals surface area contributed by atoms with E-state index >= 15 is 0 Å². The van der Waals surface area contributed by atoms with Crippen LogP contribution in [0.1, 0.15) is 28.4 Å². The Morgan fingerprint density at radius 1 is 0.829 bits per heavy atom. The molecule has 8 heteroatoms. The summed E-state index contributed by atoms with van der Waals surface area (Å²) in [4.78, 5) is 19.4. The van der Waals surface area contributed by atoms with Crippen molar-refractivity contribution in [3.8, 4) is 5.82 Å². The van der Waals surface area contributed by atoms with Gasteiger partial charge in [0.25, 0.3) is 0 Å². The summed E-state index contributed by atoms with van der Waals surface area (Å²) in [6.07, 6.45) is 3.86. The van der Waals surface area contributed by atoms with Gasteiger partial charge in [-0.25, -0.2) is 14.6 Å². The molecule has 0 saturated carbocycles. The van der Waals surface area contributed by atoms with Gasteiger partial charge in [0.2, 0.25) is 5.72 Å². The monoisotopic (exact) mass is 552 g/mol. The van der Waals surface area contributed by atoms with Crippen molar-refractivity contribution in [3.63, 3.8) is 0 Å². The van der Waals surface area contributed by atoms with Gasteiger partial charge in [-0.2, -0.15) is 5.10 Å². The van der Waals surface area contributed by atoms with E-state index in [-0.39, 0.29) is 5.25 Å². The van der Waals surface area contributed by atoms with E-state index in [9.17, 15) is 0 Å². The minimum Gasteiger partial charge on any atom is -0.360 e. The fraction of sp³-hybridized carbons (Fsp3) is 0.0909. The summed E-state index contributed by atoms with van der Waals surface area (Å²) in [6.45, 7) is 0. The first-order chi connectivity index (χ1) is 20.3. The Morgan fingerprint density at radius 2 is 1.59 bits per heavy atom. The topological polar surface area (TPSA) is 68.4 Å². The highest BCUT2D eigenvalue weighted by molar-refractivity contribution is 7.99. The third-order valence-electron chi connectivity index (χ3n) is 7.67. The van der Waals surface area contributed by atoms with Crippen molar-refractivity contribution in [3.05, 3.63) is 145 Å². The predicted octanol–water partition coefficient (Wildman–Crippen LogP) is 7.10. The van der Waals surface area contributed by atoms with Crippen molar-refractivity contribution >= 4 is 34.2 Å². The van der Waals surface area contributed by atoms with E-state index in [4.69, 9.17) is 15.0 Å². The molecule has 41 heavy (non-hydrogen) atoms. The van der Waals surface area contributed by atoms with Crippen LogP contribution in [0.15, 0.2) is 138 Å². The molecule has 0 bridgehead atoms. The Balaban J connectivity index is 1.37. The molecular weight excluding hydrogens is 528 g/mol. The SMILES string of the molecule is c1ccc(C2=NOC3(c4ccccc4)CC(c4cc5ccccc5nc4-n4cncn4)Sc4ccccc4N23)cc1. The van der Waals surface area contributed by atoms with E-state index < -0.39 is 5.72 Å². The smallest absolute Gasteiger partial charge is 0.242 e. The Labute approximate surface area is 241 Å². The summed E-state index contributed by atoms with van der Waals surface area (Å²) in [6, 6.07) is 39.6. The number of hydrogen-bond donors (Lipinski definition) is 0. The van der Waals surface area contributed by atoms with E-state index in [1.54, 1.807) is 17.3 Å². The summed E-state index contributed by atoms with van der Waals surface area (Å²) in [5.41, 5.74) is 4.17. The van der Waals surface area contributed by atoms with Crippen LogP contribution in [0.25, 0.3) is 16.7 Å². The number of thioether (sulfide) groups is 1. The van der Waals surface area contributed by atoms with Gasteiger partial charge in [-0.05, 0) is 24.3 Å². The van der Waals surface area contributed by atoms with E-state index in [2.05, 4.69) is 87.8 Å². The third-order valence-corrected chi connectivity index (χ3v) is 8.97. The van der Waals surface area contributed by atoms with Crippen LogP contribution in [0.5, 0.6) is 0 Å². The van der Waals surface area contributed by atoms with Crippen LogP contribution in [0.4, 0.5) is 5.69 Å². The number of hydrogen-bond acceptors (Lipinski definition) is 7. The Hall–Kier alpha value is -4.95. The molecule has 0 saturated heterocycles. The van der Waals surface area contributed by atoms with Gasteiger partial charge >= 0.3 is 0 Å². The maximum Gasteiger partial charge on any atom is 0.242 e. The molecule has 2 aromatic heterocycles. The lowest BCUT2D eigenvalue weighted by Gasteiger charge is -2.38. The zero-order chi connectivity index (χ0) is 27.2. The maximum absolute atomic E-state index is 6.65. The fourth-order valence-electron chi connectivity index (χ4n) is 5.80. The van der Waals surface area contributed by atoms with E-state index in [0.29, 0.717) is 6.42 Å². The van der Waals surface area contributed by atoms with Crippen LogP contribution >= 0.6 is 11.8 Å². The highest BCUT2D eigenvalue weighted by Gasteiger charge is 2.53. The van der Waals surface area contributed by atoms with Gasteiger partial charge in [-0.3, -0.25) is 4.90 Å². The normalized spacial score (nSPS) is 19.7. The van der Waals surface area contributed by atoms with Gasteiger partial charge in [0, 0.05) is 38.6 Å². The maximum atomic E-state index is 6.65. The number of nitrogens with zero attached hydrogens (tertiary/aromatic N) is 6. The second-order valence-corrected chi connectivity index (χ2v) is 11.3. The van der Waals surface area contributed by atoms with Crippen LogP contribution in [-0.2, 0) is 10.6 Å². The van der Waals surface area contributed by atoms with Crippen molar-refractivity contribution < 1.29 is 4.84 Å². The zero-order valence-electron chi connectivity index (χ0n) is 21.9. The first-order valence-electron chi connectivity index (χ1n) is 13.5. The average molecular weight is 553 g/mol. The highest BCUT2D eigenvalue weighted by atomic mass is 32.2. The quantitative estimate of drug-likeness (QED) is 0.232. The number of aromatic nitrogens is 4. The van der Waals surface area contributed by atoms with Gasteiger partial charge in [0.1, 0.15) is 12.7 Å². The van der Waals surface area contributed by atoms with E-state index in [0.717, 1.165) is 49.8 Å². The van der Waals surface area contributed by atoms with Crippen molar-refractivity contribution in [1.29, 1.82) is 0 Å². The molecule has 8 rings (SSSR count). The lowest BCUT2D eigenvalue weighted by Crippen LogP contribution is -2.47. The Morgan fingerprint density at radius 3 is 2.41 bits per heavy atom. The van der Waals surface area contributed by atoms with E-state index in [1.165, 1.54) is 0 Å². The van der Waals surface area contributed by atoms with Crippen LogP contribution in [-0.4, -0.2) is 25.6 Å². The Bertz CT molecular complexity index is 1890. The molecule has 7 nitrogen and oxygen atoms in total. The Kier molecular flexibility index (Phi) is 5.60. The molecule has 2 aliphatic heterocycles. The molecule has 0 radical (unpaired) electrons. The van der Waals surface area contributed by atoms with Crippen LogP contribution < -0.4 is 4.90 Å². The zero-order valence-corrected chi connectivity index (χ0v) is 22.7. The van der Waals surface area contributed by atoms with Crippen LogP contribution in [0.3, 0.4) is 0 Å². The van der Waals surface area contributed by atoms with Gasteiger partial charge in [0.05, 0.1) is 11.2 Å². The molecular formula is C33H24N6OS. The van der Waals surface area contributed by atoms with Gasteiger partial charge in [-0.15, -0.1) is 11.8 Å². The van der Waals surface area contributed by atoms with Crippen molar-refractivity contribution in [1.82, 2.24) is 19.7 Å². The first-order valence-corrected chi connectivity index (χ1v) is 14.4. The van der Waals surface area contributed by atoms with Gasteiger partial charge < -0.3 is 4.84 Å². The number of oxime groups is 1. The fourth-order valence-corrected chi connectivity index (χ4v) is 7.15. The van der Waals surface area contributed by atoms with E-state index in [1.807, 2.05) is 54.2 Å². The lowest BCUT2D eigenvalue weighted by atomic mass is 9.91. The number of pyridine rings is 1. The summed E-state index contributed by atoms with van der Waals surface area (Å²) in [5, 5.41) is 10.3. The molecule has 0 spiro atoms. The minimum absolute atomic E-state index is 0.0528. The average Bonchev–Trinajstić information content (AvgIpc) is 3.68. The molecule has 0 amide bonds. The summed E-state index contributed by atoms with van der Waals surface area (Å²) in [5.74, 6) is 1.55. The van der Waals surface area contributed by atoms with Gasteiger partial charge in [-0.1, -0.05) is 96.2 Å². The first kappa shape index (κ1) is 23.9. The second-order valence-electron chi connectivity index (χ2n) is 10.1. The number of rotatable bonds is 4. The van der Waals surface area contributed by atoms with Crippen molar-refractivity contribution in [2.24, 2.45) is 5.16 Å². The predicted molar refractivity (Wildman–Crippen MR) is 161 cm³/mol. The summed E-state index contributed by atoms with van der Waals surface area (Å²) in [7, 11) is 0. The second kappa shape index (κ2) is 9.60. The van der Waals surface area contributed by atoms with Crippen molar-refractivity contribution in [2.75, 3.05) is 4.90 Å². The van der Waals surface area contributed by atoms with Gasteiger partial charge in [0.15, 0.2) is 11.7 Å². The number of benzene rings is 4. The highest BCUT2D eigenvalue weighted by Crippen LogP contribution is 2.56.